The van der Waals surface area contributed by atoms with Crippen molar-refractivity contribution in [2.75, 3.05) is 20.2 Å². The molecular weight excluding hydrogens is 404 g/mol. The van der Waals surface area contributed by atoms with Gasteiger partial charge in [0.25, 0.3) is 0 Å². The number of rotatable bonds is 5. The molecule has 2 atom stereocenters. The van der Waals surface area contributed by atoms with Crippen LogP contribution in [0.2, 0.25) is 0 Å². The number of nitrogens with one attached hydrogen (secondary N) is 1. The smallest absolute Gasteiger partial charge is 0.335 e. The summed E-state index contributed by atoms with van der Waals surface area (Å²) in [6.45, 7) is 3.98. The summed E-state index contributed by atoms with van der Waals surface area (Å²) in [6, 6.07) is 10.8. The summed E-state index contributed by atoms with van der Waals surface area (Å²) in [5.41, 5.74) is 3.84. The first-order valence-electron chi connectivity index (χ1n) is 12.6. The number of ether oxygens (including phenoxy) is 2. The molecule has 32 heavy (non-hydrogen) atoms. The number of carboxylic acids is 1. The fourth-order valence-corrected chi connectivity index (χ4v) is 5.46. The first-order valence-corrected chi connectivity index (χ1v) is 11.1. The van der Waals surface area contributed by atoms with E-state index < -0.39 is 13.0 Å². The molecule has 3 aromatic rings. The number of H-pyrrole nitrogens is 1. The zero-order valence-electron chi connectivity index (χ0n) is 21.2. The number of fused-ring (bicyclic) bond motifs is 1. The van der Waals surface area contributed by atoms with Crippen LogP contribution in [-0.4, -0.2) is 46.8 Å². The van der Waals surface area contributed by atoms with Crippen molar-refractivity contribution >= 4 is 16.9 Å². The van der Waals surface area contributed by atoms with Crippen LogP contribution in [0, 0.1) is 6.92 Å². The average molecular weight is 438 g/mol. The maximum atomic E-state index is 11.4. The Morgan fingerprint density at radius 1 is 1.34 bits per heavy atom. The summed E-state index contributed by atoms with van der Waals surface area (Å²) in [5.74, 6) is -0.583. The molecular formula is C26H30N2O4. The first kappa shape index (κ1) is 17.7. The van der Waals surface area contributed by atoms with Crippen molar-refractivity contribution in [1.82, 2.24) is 9.88 Å². The van der Waals surface area contributed by atoms with Crippen LogP contribution >= 0.6 is 0 Å². The zero-order chi connectivity index (χ0) is 24.8. The quantitative estimate of drug-likeness (QED) is 0.583. The number of aromatic amines is 1. The maximum Gasteiger partial charge on any atom is 0.335 e. The molecule has 0 aliphatic carbocycles. The minimum Gasteiger partial charge on any atom is -0.496 e. The van der Waals surface area contributed by atoms with Gasteiger partial charge < -0.3 is 19.6 Å². The summed E-state index contributed by atoms with van der Waals surface area (Å²) < 4.78 is 34.8. The molecule has 6 heteroatoms. The van der Waals surface area contributed by atoms with Gasteiger partial charge in [-0.2, -0.15) is 0 Å². The lowest BCUT2D eigenvalue weighted by Crippen LogP contribution is -2.45. The molecule has 1 unspecified atom stereocenters. The van der Waals surface area contributed by atoms with E-state index in [1.165, 1.54) is 0 Å². The number of carboxylic acid groups (broad SMARTS) is 1. The third kappa shape index (κ3) is 3.67. The van der Waals surface area contributed by atoms with Crippen LogP contribution in [0.3, 0.4) is 0 Å². The highest BCUT2D eigenvalue weighted by Gasteiger charge is 2.43. The van der Waals surface area contributed by atoms with Gasteiger partial charge in [-0.3, -0.25) is 4.90 Å². The predicted octanol–water partition coefficient (Wildman–Crippen LogP) is 5.07. The maximum absolute atomic E-state index is 11.4. The zero-order valence-corrected chi connectivity index (χ0v) is 18.2. The molecule has 0 radical (unpaired) electrons. The standard InChI is InChI=1S/C26H30N2O4/c1-17-14-23(31-2)21(20-8-11-27-24(17)20)16-28-12-10-26(9-3-13-32-26)15-22(28)18-4-6-19(7-5-18)25(29)30/h4-8,11,14,22,27H,3,9-10,12-13,15-16H2,1-2H3,(H,29,30)/t22-,26?/m0/s1/i2D3. The highest BCUT2D eigenvalue weighted by Crippen LogP contribution is 2.45. The molecule has 6 nitrogen and oxygen atoms in total. The fourth-order valence-electron chi connectivity index (χ4n) is 5.46. The van der Waals surface area contributed by atoms with E-state index in [4.69, 9.17) is 13.6 Å². The van der Waals surface area contributed by atoms with Crippen LogP contribution in [0.1, 0.15) is 62.9 Å². The lowest BCUT2D eigenvalue weighted by atomic mass is 9.81. The van der Waals surface area contributed by atoms with Crippen molar-refractivity contribution in [1.29, 1.82) is 0 Å². The van der Waals surface area contributed by atoms with Crippen LogP contribution < -0.4 is 4.74 Å². The number of benzene rings is 2. The van der Waals surface area contributed by atoms with Gasteiger partial charge in [-0.05, 0) is 68.0 Å². The second-order valence-corrected chi connectivity index (χ2v) is 9.04. The molecule has 2 aliphatic heterocycles. The molecule has 2 aromatic carbocycles. The second-order valence-electron chi connectivity index (χ2n) is 9.04. The number of aromatic nitrogens is 1. The van der Waals surface area contributed by atoms with Crippen molar-refractivity contribution in [3.8, 4) is 5.75 Å². The van der Waals surface area contributed by atoms with Gasteiger partial charge >= 0.3 is 5.97 Å². The molecule has 1 spiro atoms. The molecule has 2 aliphatic rings. The van der Waals surface area contributed by atoms with E-state index in [0.717, 1.165) is 66.4 Å². The van der Waals surface area contributed by atoms with Crippen molar-refractivity contribution in [2.24, 2.45) is 0 Å². The Balaban J connectivity index is 1.53. The lowest BCUT2D eigenvalue weighted by Gasteiger charge is -2.45. The summed E-state index contributed by atoms with van der Waals surface area (Å²) in [7, 11) is -2.55. The number of carbonyl (C=O) groups is 1. The van der Waals surface area contributed by atoms with Gasteiger partial charge in [0.2, 0.25) is 0 Å². The number of aromatic carboxylic acids is 1. The van der Waals surface area contributed by atoms with Crippen molar-refractivity contribution < 1.29 is 23.5 Å². The Kier molecular flexibility index (Phi) is 4.57. The molecule has 0 bridgehead atoms. The summed E-state index contributed by atoms with van der Waals surface area (Å²) >= 11 is 0. The summed E-state index contributed by atoms with van der Waals surface area (Å²) in [5, 5.41) is 10.3. The minimum atomic E-state index is -2.55. The van der Waals surface area contributed by atoms with Gasteiger partial charge in [-0.1, -0.05) is 12.1 Å². The minimum absolute atomic E-state index is 0.000557. The van der Waals surface area contributed by atoms with Crippen LogP contribution in [0.4, 0.5) is 0 Å². The second kappa shape index (κ2) is 8.26. The molecule has 168 valence electrons. The van der Waals surface area contributed by atoms with Crippen LogP contribution in [-0.2, 0) is 11.3 Å². The fraction of sp³-hybridized carbons (Fsp3) is 0.423. The molecule has 2 N–H and O–H groups in total. The van der Waals surface area contributed by atoms with E-state index in [1.54, 1.807) is 18.2 Å². The summed E-state index contributed by atoms with van der Waals surface area (Å²) in [6.07, 6.45) is 5.62. The SMILES string of the molecule is [2H]C([2H])([2H])Oc1cc(C)c2[nH]ccc2c1CN1CCC2(CCCO2)C[C@H]1c1ccc(C(=O)O)cc1. The van der Waals surface area contributed by atoms with Gasteiger partial charge in [0.05, 0.1) is 22.3 Å². The molecule has 3 heterocycles. The molecule has 1 aromatic heterocycles. The van der Waals surface area contributed by atoms with Gasteiger partial charge in [0, 0.05) is 48.4 Å². The van der Waals surface area contributed by atoms with Gasteiger partial charge in [-0.15, -0.1) is 0 Å². The van der Waals surface area contributed by atoms with E-state index in [1.807, 2.05) is 31.3 Å². The van der Waals surface area contributed by atoms with Crippen molar-refractivity contribution in [3.63, 3.8) is 0 Å². The average Bonchev–Trinajstić information content (AvgIpc) is 3.47. The highest BCUT2D eigenvalue weighted by atomic mass is 16.5. The monoisotopic (exact) mass is 437 g/mol. The third-order valence-electron chi connectivity index (χ3n) is 7.17. The van der Waals surface area contributed by atoms with Crippen LogP contribution in [0.15, 0.2) is 42.6 Å². The molecule has 2 saturated heterocycles. The van der Waals surface area contributed by atoms with Gasteiger partial charge in [-0.25, -0.2) is 4.79 Å². The molecule has 0 amide bonds. The normalized spacial score (nSPS) is 25.5. The number of hydrogen-bond donors (Lipinski definition) is 2. The number of nitrogens with zero attached hydrogens (tertiary/aromatic N) is 1. The molecule has 2 fully saturated rings. The largest absolute Gasteiger partial charge is 0.496 e. The Morgan fingerprint density at radius 2 is 2.19 bits per heavy atom. The molecule has 0 saturated carbocycles. The van der Waals surface area contributed by atoms with E-state index in [2.05, 4.69) is 9.88 Å². The lowest BCUT2D eigenvalue weighted by molar-refractivity contribution is -0.0676. The Hall–Kier alpha value is -2.83. The highest BCUT2D eigenvalue weighted by molar-refractivity contribution is 5.88. The number of methoxy groups -OCH3 is 1. The number of piperidine rings is 1. The van der Waals surface area contributed by atoms with E-state index in [0.29, 0.717) is 12.3 Å². The topological polar surface area (TPSA) is 74.8 Å². The number of aryl methyl sites for hydroxylation is 1. The Morgan fingerprint density at radius 3 is 2.91 bits per heavy atom. The Labute approximate surface area is 192 Å². The van der Waals surface area contributed by atoms with E-state index in [-0.39, 0.29) is 17.2 Å². The van der Waals surface area contributed by atoms with Crippen LogP contribution in [0.25, 0.3) is 10.9 Å². The van der Waals surface area contributed by atoms with E-state index in [9.17, 15) is 9.90 Å². The Bertz CT molecular complexity index is 1230. The third-order valence-corrected chi connectivity index (χ3v) is 7.17. The predicted molar refractivity (Wildman–Crippen MR) is 123 cm³/mol. The molecule has 5 rings (SSSR count). The van der Waals surface area contributed by atoms with Gasteiger partial charge in [0.1, 0.15) is 5.75 Å². The van der Waals surface area contributed by atoms with Crippen molar-refractivity contribution in [2.45, 2.75) is 50.8 Å². The summed E-state index contributed by atoms with van der Waals surface area (Å²) in [4.78, 5) is 17.0. The number of likely N-dealkylation sites (tertiary alicyclic amines) is 1. The van der Waals surface area contributed by atoms with Crippen molar-refractivity contribution in [3.05, 3.63) is 64.8 Å². The first-order chi connectivity index (χ1) is 16.6. The van der Waals surface area contributed by atoms with E-state index >= 15 is 0 Å². The van der Waals surface area contributed by atoms with Crippen LogP contribution in [0.5, 0.6) is 5.75 Å². The van der Waals surface area contributed by atoms with Gasteiger partial charge in [0.15, 0.2) is 0 Å². The number of hydrogen-bond acceptors (Lipinski definition) is 4.